The van der Waals surface area contributed by atoms with Gasteiger partial charge < -0.3 is 9.67 Å². The van der Waals surface area contributed by atoms with Gasteiger partial charge in [0, 0.05) is 17.5 Å². The molecule has 5 aromatic rings. The van der Waals surface area contributed by atoms with Crippen LogP contribution in [0.1, 0.15) is 39.2 Å². The number of imidazole rings is 1. The minimum atomic E-state index is -4.61. The number of hydrogen-bond donors (Lipinski definition) is 1. The molecule has 1 atom stereocenters. The molecule has 2 aromatic heterocycles. The second-order valence-corrected chi connectivity index (χ2v) is 9.50. The predicted octanol–water partition coefficient (Wildman–Crippen LogP) is 6.82. The standard InChI is InChI=1S/C29H23ClF3N3O/c1-18-23-15-21(28(37,26-16-34-17-36(26)2)20-8-11-22(30)12-9-20)10-13-25(23)35-27(29(31,32)33)24(18)14-19-6-4-3-5-7-19/h3-13,15-17,37H,14H2,1-2H3. The number of aryl methyl sites for hydroxylation is 2. The van der Waals surface area contributed by atoms with Crippen LogP contribution >= 0.6 is 11.6 Å². The Morgan fingerprint density at radius 2 is 1.62 bits per heavy atom. The number of pyridine rings is 1. The van der Waals surface area contributed by atoms with Crippen molar-refractivity contribution in [3.05, 3.63) is 130 Å². The summed E-state index contributed by atoms with van der Waals surface area (Å²) in [6, 6.07) is 20.6. The first kappa shape index (κ1) is 25.0. The van der Waals surface area contributed by atoms with E-state index in [9.17, 15) is 18.3 Å². The Kier molecular flexibility index (Phi) is 6.30. The molecular weight excluding hydrogens is 499 g/mol. The molecule has 3 aromatic carbocycles. The van der Waals surface area contributed by atoms with Crippen molar-refractivity contribution in [2.24, 2.45) is 7.05 Å². The molecule has 4 nitrogen and oxygen atoms in total. The Morgan fingerprint density at radius 3 is 2.24 bits per heavy atom. The average Bonchev–Trinajstić information content (AvgIpc) is 3.31. The highest BCUT2D eigenvalue weighted by Gasteiger charge is 2.39. The van der Waals surface area contributed by atoms with Crippen molar-refractivity contribution >= 4 is 22.5 Å². The molecular formula is C29H23ClF3N3O. The number of halogens is 4. The zero-order valence-electron chi connectivity index (χ0n) is 20.1. The average molecular weight is 522 g/mol. The van der Waals surface area contributed by atoms with Gasteiger partial charge in [-0.15, -0.1) is 0 Å². The second kappa shape index (κ2) is 9.32. The summed E-state index contributed by atoms with van der Waals surface area (Å²) in [6.07, 6.45) is -1.38. The van der Waals surface area contributed by atoms with Crippen molar-refractivity contribution in [3.8, 4) is 0 Å². The lowest BCUT2D eigenvalue weighted by molar-refractivity contribution is -0.141. The summed E-state index contributed by atoms with van der Waals surface area (Å²) >= 11 is 6.10. The molecule has 0 aliphatic carbocycles. The summed E-state index contributed by atoms with van der Waals surface area (Å²) < 4.78 is 44.0. The molecule has 0 spiro atoms. The second-order valence-electron chi connectivity index (χ2n) is 9.06. The highest BCUT2D eigenvalue weighted by atomic mass is 35.5. The molecule has 0 aliphatic heterocycles. The number of rotatable bonds is 5. The maximum absolute atomic E-state index is 14.1. The van der Waals surface area contributed by atoms with Crippen molar-refractivity contribution in [2.45, 2.75) is 25.1 Å². The third-order valence-corrected chi connectivity index (χ3v) is 6.98. The molecule has 8 heteroatoms. The number of benzene rings is 3. The molecule has 0 amide bonds. The molecule has 188 valence electrons. The zero-order valence-corrected chi connectivity index (χ0v) is 20.8. The van der Waals surface area contributed by atoms with Gasteiger partial charge in [-0.05, 0) is 65.4 Å². The van der Waals surface area contributed by atoms with Gasteiger partial charge in [-0.2, -0.15) is 13.2 Å². The molecule has 1 unspecified atom stereocenters. The van der Waals surface area contributed by atoms with E-state index in [2.05, 4.69) is 9.97 Å². The van der Waals surface area contributed by atoms with Crippen LogP contribution in [-0.4, -0.2) is 19.6 Å². The fourth-order valence-electron chi connectivity index (χ4n) is 4.80. The number of aromatic nitrogens is 3. The number of fused-ring (bicyclic) bond motifs is 1. The van der Waals surface area contributed by atoms with Crippen LogP contribution in [-0.2, 0) is 25.2 Å². The van der Waals surface area contributed by atoms with Crippen LogP contribution in [0.15, 0.2) is 85.3 Å². The van der Waals surface area contributed by atoms with Crippen LogP contribution in [0.2, 0.25) is 5.02 Å². The van der Waals surface area contributed by atoms with Crippen LogP contribution in [0, 0.1) is 6.92 Å². The first-order valence-corrected chi connectivity index (χ1v) is 12.0. The smallest absolute Gasteiger partial charge is 0.374 e. The fraction of sp³-hybridized carbons (Fsp3) is 0.172. The van der Waals surface area contributed by atoms with E-state index in [0.29, 0.717) is 32.8 Å². The summed E-state index contributed by atoms with van der Waals surface area (Å²) in [5.41, 5.74) is 0.506. The molecule has 0 bridgehead atoms. The van der Waals surface area contributed by atoms with Crippen molar-refractivity contribution in [1.29, 1.82) is 0 Å². The minimum absolute atomic E-state index is 0.0812. The van der Waals surface area contributed by atoms with E-state index >= 15 is 0 Å². The number of alkyl halides is 3. The van der Waals surface area contributed by atoms with Gasteiger partial charge in [0.05, 0.1) is 23.7 Å². The Balaban J connectivity index is 1.76. The number of hydrogen-bond acceptors (Lipinski definition) is 3. The summed E-state index contributed by atoms with van der Waals surface area (Å²) in [4.78, 5) is 8.23. The van der Waals surface area contributed by atoms with E-state index in [1.807, 2.05) is 6.07 Å². The monoisotopic (exact) mass is 521 g/mol. The lowest BCUT2D eigenvalue weighted by Crippen LogP contribution is -2.31. The highest BCUT2D eigenvalue weighted by Crippen LogP contribution is 2.40. The Labute approximate surface area is 217 Å². The minimum Gasteiger partial charge on any atom is -0.374 e. The van der Waals surface area contributed by atoms with E-state index in [4.69, 9.17) is 11.6 Å². The van der Waals surface area contributed by atoms with Gasteiger partial charge in [0.2, 0.25) is 0 Å². The molecule has 5 rings (SSSR count). The first-order chi connectivity index (χ1) is 17.6. The van der Waals surface area contributed by atoms with Crippen LogP contribution < -0.4 is 0 Å². The normalized spacial score (nSPS) is 13.6. The number of aliphatic hydroxyl groups is 1. The van der Waals surface area contributed by atoms with Crippen molar-refractivity contribution in [1.82, 2.24) is 14.5 Å². The van der Waals surface area contributed by atoms with Gasteiger partial charge >= 0.3 is 6.18 Å². The van der Waals surface area contributed by atoms with Gasteiger partial charge in [0.15, 0.2) is 5.60 Å². The largest absolute Gasteiger partial charge is 0.433 e. The van der Waals surface area contributed by atoms with E-state index in [0.717, 1.165) is 5.56 Å². The maximum Gasteiger partial charge on any atom is 0.433 e. The molecule has 1 N–H and O–H groups in total. The molecule has 0 fully saturated rings. The third-order valence-electron chi connectivity index (χ3n) is 6.73. The van der Waals surface area contributed by atoms with Crippen molar-refractivity contribution in [2.75, 3.05) is 0 Å². The van der Waals surface area contributed by atoms with E-state index in [-0.39, 0.29) is 17.5 Å². The Bertz CT molecular complexity index is 1580. The summed E-state index contributed by atoms with van der Waals surface area (Å²) in [6.45, 7) is 1.67. The van der Waals surface area contributed by atoms with Gasteiger partial charge in [0.1, 0.15) is 5.69 Å². The summed E-state index contributed by atoms with van der Waals surface area (Å²) in [5, 5.41) is 13.3. The third kappa shape index (κ3) is 4.49. The molecule has 0 aliphatic rings. The topological polar surface area (TPSA) is 50.9 Å². The van der Waals surface area contributed by atoms with Crippen molar-refractivity contribution in [3.63, 3.8) is 0 Å². The van der Waals surface area contributed by atoms with Crippen LogP contribution in [0.4, 0.5) is 13.2 Å². The van der Waals surface area contributed by atoms with Gasteiger partial charge in [0.25, 0.3) is 0 Å². The molecule has 37 heavy (non-hydrogen) atoms. The summed E-state index contributed by atoms with van der Waals surface area (Å²) in [5.74, 6) is 0. The quantitative estimate of drug-likeness (QED) is 0.276. The molecule has 0 saturated heterocycles. The molecule has 2 heterocycles. The Morgan fingerprint density at radius 1 is 0.946 bits per heavy atom. The maximum atomic E-state index is 14.1. The van der Waals surface area contributed by atoms with Gasteiger partial charge in [-0.25, -0.2) is 9.97 Å². The summed E-state index contributed by atoms with van der Waals surface area (Å²) in [7, 11) is 1.77. The lowest BCUT2D eigenvalue weighted by atomic mass is 9.82. The van der Waals surface area contributed by atoms with E-state index in [1.165, 1.54) is 6.07 Å². The zero-order chi connectivity index (χ0) is 26.4. The number of nitrogens with zero attached hydrogens (tertiary/aromatic N) is 3. The van der Waals surface area contributed by atoms with E-state index in [1.54, 1.807) is 91.7 Å². The first-order valence-electron chi connectivity index (χ1n) is 11.6. The Hall–Kier alpha value is -3.68. The molecule has 0 radical (unpaired) electrons. The van der Waals surface area contributed by atoms with E-state index < -0.39 is 17.5 Å². The molecule has 0 saturated carbocycles. The SMILES string of the molecule is Cc1c(Cc2ccccc2)c(C(F)(F)F)nc2ccc(C(O)(c3ccc(Cl)cc3)c3cncn3C)cc12. The predicted molar refractivity (Wildman–Crippen MR) is 137 cm³/mol. The fourth-order valence-corrected chi connectivity index (χ4v) is 4.92. The van der Waals surface area contributed by atoms with Crippen LogP contribution in [0.5, 0.6) is 0 Å². The lowest BCUT2D eigenvalue weighted by Gasteiger charge is -2.30. The van der Waals surface area contributed by atoms with Crippen LogP contribution in [0.25, 0.3) is 10.9 Å². The highest BCUT2D eigenvalue weighted by molar-refractivity contribution is 6.30. The van der Waals surface area contributed by atoms with Crippen molar-refractivity contribution < 1.29 is 18.3 Å². The van der Waals surface area contributed by atoms with Crippen LogP contribution in [0.3, 0.4) is 0 Å². The van der Waals surface area contributed by atoms with Gasteiger partial charge in [-0.3, -0.25) is 0 Å². The van der Waals surface area contributed by atoms with Gasteiger partial charge in [-0.1, -0.05) is 60.1 Å².